The molecule has 0 saturated heterocycles. The molecule has 0 rings (SSSR count). The fraction of sp³-hybridized carbons (Fsp3) is 0.833. The fourth-order valence-corrected chi connectivity index (χ4v) is 0.813. The standard InChI is InChI=1S/C6H15N3O/c1-9(2)5(3-4-7)6(8)10/h5H,3-4,7H2,1-2H3,(H2,8,10). The highest BCUT2D eigenvalue weighted by Crippen LogP contribution is 1.95. The van der Waals surface area contributed by atoms with Crippen LogP contribution in [0, 0.1) is 0 Å². The maximum absolute atomic E-state index is 10.7. The number of amides is 1. The van der Waals surface area contributed by atoms with Crippen molar-refractivity contribution in [1.29, 1.82) is 0 Å². The number of carbonyl (C=O) groups excluding carboxylic acids is 1. The zero-order valence-electron chi connectivity index (χ0n) is 6.50. The zero-order chi connectivity index (χ0) is 8.15. The van der Waals surface area contributed by atoms with Crippen LogP contribution in [0.4, 0.5) is 0 Å². The van der Waals surface area contributed by atoms with Crippen LogP contribution in [-0.4, -0.2) is 37.5 Å². The number of hydrogen-bond acceptors (Lipinski definition) is 3. The highest BCUT2D eigenvalue weighted by Gasteiger charge is 2.15. The number of rotatable bonds is 4. The highest BCUT2D eigenvalue weighted by molar-refractivity contribution is 5.79. The van der Waals surface area contributed by atoms with Gasteiger partial charge < -0.3 is 11.5 Å². The van der Waals surface area contributed by atoms with E-state index in [4.69, 9.17) is 11.5 Å². The molecule has 0 aromatic heterocycles. The number of nitrogens with zero attached hydrogens (tertiary/aromatic N) is 1. The van der Waals surface area contributed by atoms with E-state index in [9.17, 15) is 4.79 Å². The molecule has 0 spiro atoms. The molecule has 1 atom stereocenters. The van der Waals surface area contributed by atoms with Gasteiger partial charge in [0.1, 0.15) is 0 Å². The van der Waals surface area contributed by atoms with Crippen LogP contribution < -0.4 is 11.5 Å². The predicted octanol–water partition coefficient (Wildman–Crippen LogP) is -1.25. The van der Waals surface area contributed by atoms with Gasteiger partial charge in [-0.3, -0.25) is 9.69 Å². The molecule has 4 N–H and O–H groups in total. The summed E-state index contributed by atoms with van der Waals surface area (Å²) < 4.78 is 0. The summed E-state index contributed by atoms with van der Waals surface area (Å²) in [5, 5.41) is 0. The molecular weight excluding hydrogens is 130 g/mol. The van der Waals surface area contributed by atoms with E-state index < -0.39 is 0 Å². The summed E-state index contributed by atoms with van der Waals surface area (Å²) in [5.74, 6) is -0.310. The first-order valence-corrected chi connectivity index (χ1v) is 3.25. The lowest BCUT2D eigenvalue weighted by atomic mass is 10.2. The second kappa shape index (κ2) is 4.24. The van der Waals surface area contributed by atoms with E-state index in [-0.39, 0.29) is 11.9 Å². The average Bonchev–Trinajstić information content (AvgIpc) is 1.81. The molecule has 0 saturated carbocycles. The zero-order valence-corrected chi connectivity index (χ0v) is 6.50. The largest absolute Gasteiger partial charge is 0.368 e. The van der Waals surface area contributed by atoms with E-state index in [0.29, 0.717) is 13.0 Å². The predicted molar refractivity (Wildman–Crippen MR) is 40.3 cm³/mol. The molecule has 4 heteroatoms. The van der Waals surface area contributed by atoms with Crippen LogP contribution in [0.15, 0.2) is 0 Å². The van der Waals surface area contributed by atoms with E-state index in [1.54, 1.807) is 4.90 Å². The van der Waals surface area contributed by atoms with Gasteiger partial charge in [-0.2, -0.15) is 0 Å². The number of hydrogen-bond donors (Lipinski definition) is 2. The van der Waals surface area contributed by atoms with E-state index in [1.807, 2.05) is 14.1 Å². The van der Waals surface area contributed by atoms with Crippen molar-refractivity contribution in [3.63, 3.8) is 0 Å². The van der Waals surface area contributed by atoms with Gasteiger partial charge in [0.2, 0.25) is 5.91 Å². The van der Waals surface area contributed by atoms with E-state index >= 15 is 0 Å². The van der Waals surface area contributed by atoms with Crippen molar-refractivity contribution in [1.82, 2.24) is 4.90 Å². The third-order valence-corrected chi connectivity index (χ3v) is 1.39. The van der Waals surface area contributed by atoms with Gasteiger partial charge in [0, 0.05) is 0 Å². The molecule has 0 radical (unpaired) electrons. The second-order valence-electron chi connectivity index (χ2n) is 2.46. The number of likely N-dealkylation sites (N-methyl/N-ethyl adjacent to an activating group) is 1. The smallest absolute Gasteiger partial charge is 0.234 e. The minimum absolute atomic E-state index is 0.218. The Morgan fingerprint density at radius 3 is 2.20 bits per heavy atom. The van der Waals surface area contributed by atoms with Gasteiger partial charge in [-0.05, 0) is 27.1 Å². The van der Waals surface area contributed by atoms with Crippen molar-refractivity contribution in [3.8, 4) is 0 Å². The van der Waals surface area contributed by atoms with Crippen LogP contribution in [-0.2, 0) is 4.79 Å². The van der Waals surface area contributed by atoms with Gasteiger partial charge in [-0.1, -0.05) is 0 Å². The van der Waals surface area contributed by atoms with Gasteiger partial charge >= 0.3 is 0 Å². The molecule has 60 valence electrons. The summed E-state index contributed by atoms with van der Waals surface area (Å²) in [6, 6.07) is -0.218. The Morgan fingerprint density at radius 2 is 2.10 bits per heavy atom. The first-order chi connectivity index (χ1) is 4.59. The van der Waals surface area contributed by atoms with E-state index in [1.165, 1.54) is 0 Å². The van der Waals surface area contributed by atoms with E-state index in [0.717, 1.165) is 0 Å². The maximum Gasteiger partial charge on any atom is 0.234 e. The van der Waals surface area contributed by atoms with Gasteiger partial charge in [-0.25, -0.2) is 0 Å². The lowest BCUT2D eigenvalue weighted by Crippen LogP contribution is -2.41. The second-order valence-corrected chi connectivity index (χ2v) is 2.46. The quantitative estimate of drug-likeness (QED) is 0.519. The third-order valence-electron chi connectivity index (χ3n) is 1.39. The van der Waals surface area contributed by atoms with Crippen LogP contribution >= 0.6 is 0 Å². The Labute approximate surface area is 61.2 Å². The van der Waals surface area contributed by atoms with Crippen molar-refractivity contribution < 1.29 is 4.79 Å². The monoisotopic (exact) mass is 145 g/mol. The Bertz CT molecular complexity index is 114. The Hall–Kier alpha value is -0.610. The summed E-state index contributed by atoms with van der Waals surface area (Å²) >= 11 is 0. The summed E-state index contributed by atoms with van der Waals surface area (Å²) in [5.41, 5.74) is 10.4. The van der Waals surface area contributed by atoms with Gasteiger partial charge in [-0.15, -0.1) is 0 Å². The molecule has 0 bridgehead atoms. The van der Waals surface area contributed by atoms with Crippen molar-refractivity contribution in [2.45, 2.75) is 12.5 Å². The first-order valence-electron chi connectivity index (χ1n) is 3.25. The molecule has 1 amide bonds. The van der Waals surface area contributed by atoms with Crippen molar-refractivity contribution >= 4 is 5.91 Å². The molecular formula is C6H15N3O. The SMILES string of the molecule is CN(C)C(CCN)C(N)=O. The first kappa shape index (κ1) is 9.39. The fourth-order valence-electron chi connectivity index (χ4n) is 0.813. The average molecular weight is 145 g/mol. The van der Waals surface area contributed by atoms with Gasteiger partial charge in [0.05, 0.1) is 6.04 Å². The van der Waals surface area contributed by atoms with Crippen molar-refractivity contribution in [2.24, 2.45) is 11.5 Å². The molecule has 0 aliphatic heterocycles. The topological polar surface area (TPSA) is 72.3 Å². The summed E-state index contributed by atoms with van der Waals surface area (Å²) in [7, 11) is 3.62. The minimum atomic E-state index is -0.310. The molecule has 0 aromatic rings. The molecule has 0 aromatic carbocycles. The molecule has 0 fully saturated rings. The lowest BCUT2D eigenvalue weighted by Gasteiger charge is -2.19. The number of primary amides is 1. The summed E-state index contributed by atoms with van der Waals surface area (Å²) in [4.78, 5) is 12.4. The summed E-state index contributed by atoms with van der Waals surface area (Å²) in [6.45, 7) is 0.492. The molecule has 0 aliphatic rings. The van der Waals surface area contributed by atoms with E-state index in [2.05, 4.69) is 0 Å². The van der Waals surface area contributed by atoms with Crippen LogP contribution in [0.1, 0.15) is 6.42 Å². The van der Waals surface area contributed by atoms with Crippen LogP contribution in [0.2, 0.25) is 0 Å². The highest BCUT2D eigenvalue weighted by atomic mass is 16.1. The van der Waals surface area contributed by atoms with Gasteiger partial charge in [0.25, 0.3) is 0 Å². The minimum Gasteiger partial charge on any atom is -0.368 e. The molecule has 4 nitrogen and oxygen atoms in total. The van der Waals surface area contributed by atoms with Crippen molar-refractivity contribution in [2.75, 3.05) is 20.6 Å². The van der Waals surface area contributed by atoms with Crippen LogP contribution in [0.5, 0.6) is 0 Å². The molecule has 0 heterocycles. The molecule has 1 unspecified atom stereocenters. The van der Waals surface area contributed by atoms with Gasteiger partial charge in [0.15, 0.2) is 0 Å². The number of nitrogens with two attached hydrogens (primary N) is 2. The summed E-state index contributed by atoms with van der Waals surface area (Å²) in [6.07, 6.45) is 0.627. The third kappa shape index (κ3) is 2.80. The maximum atomic E-state index is 10.7. The van der Waals surface area contributed by atoms with Crippen molar-refractivity contribution in [3.05, 3.63) is 0 Å². The Balaban J connectivity index is 3.85. The normalized spacial score (nSPS) is 13.6. The van der Waals surface area contributed by atoms with Crippen LogP contribution in [0.25, 0.3) is 0 Å². The Morgan fingerprint density at radius 1 is 1.60 bits per heavy atom. The number of carbonyl (C=O) groups is 1. The van der Waals surface area contributed by atoms with Crippen LogP contribution in [0.3, 0.4) is 0 Å². The molecule has 10 heavy (non-hydrogen) atoms. The lowest BCUT2D eigenvalue weighted by molar-refractivity contribution is -0.122. The molecule has 0 aliphatic carbocycles. The Kier molecular flexibility index (Phi) is 3.99.